The molecule has 146 valence electrons. The molecule has 0 saturated heterocycles. The monoisotopic (exact) mass is 370 g/mol. The lowest BCUT2D eigenvalue weighted by Gasteiger charge is -2.20. The van der Waals surface area contributed by atoms with E-state index >= 15 is 0 Å². The van der Waals surface area contributed by atoms with Crippen molar-refractivity contribution in [3.8, 4) is 11.5 Å². The van der Waals surface area contributed by atoms with E-state index in [0.29, 0.717) is 12.0 Å². The third kappa shape index (κ3) is 8.60. The number of hydrogen-bond donors (Lipinski definition) is 1. The summed E-state index contributed by atoms with van der Waals surface area (Å²) in [5.41, 5.74) is -0.710. The second-order valence-corrected chi connectivity index (χ2v) is 7.63. The first-order valence-corrected chi connectivity index (χ1v) is 8.24. The molecule has 0 saturated carbocycles. The predicted molar refractivity (Wildman–Crippen MR) is 97.8 cm³/mol. The topological polar surface area (TPSA) is 83.1 Å². The van der Waals surface area contributed by atoms with Gasteiger partial charge in [-0.25, -0.2) is 9.59 Å². The Labute approximate surface area is 159 Å². The normalized spacial score (nSPS) is 13.7. The van der Waals surface area contributed by atoms with Crippen LogP contribution in [-0.2, 0) is 15.9 Å². The van der Waals surface area contributed by atoms with Crippen LogP contribution in [0.15, 0.2) is 18.2 Å². The van der Waals surface area contributed by atoms with E-state index in [1.807, 2.05) is 0 Å². The van der Waals surface area contributed by atoms with Crippen molar-refractivity contribution in [2.24, 2.45) is 0 Å². The molecule has 7 heteroatoms. The Morgan fingerprint density at radius 2 is 1.69 bits per heavy atom. The molecule has 0 bridgehead atoms. The van der Waals surface area contributed by atoms with Crippen molar-refractivity contribution >= 4 is 12.2 Å². The zero-order valence-electron chi connectivity index (χ0n) is 19.1. The van der Waals surface area contributed by atoms with Crippen molar-refractivity contribution in [2.45, 2.75) is 59.2 Å². The van der Waals surface area contributed by atoms with Crippen LogP contribution < -0.4 is 14.8 Å². The van der Waals surface area contributed by atoms with Gasteiger partial charge in [0.15, 0.2) is 11.5 Å². The van der Waals surface area contributed by atoms with Gasteiger partial charge in [0.2, 0.25) is 0 Å². The highest BCUT2D eigenvalue weighted by molar-refractivity contribution is 5.67. The highest BCUT2D eigenvalue weighted by Crippen LogP contribution is 2.29. The number of methoxy groups -OCH3 is 1. The number of rotatable bonds is 5. The molecular weight excluding hydrogens is 338 g/mol. The average molecular weight is 370 g/mol. The molecule has 0 spiro atoms. The van der Waals surface area contributed by atoms with Gasteiger partial charge in [0.05, 0.1) is 11.2 Å². The summed E-state index contributed by atoms with van der Waals surface area (Å²) in [4.78, 5) is 23.6. The molecule has 0 aliphatic carbocycles. The summed E-state index contributed by atoms with van der Waals surface area (Å²) < 4.78 is 42.2. The van der Waals surface area contributed by atoms with Crippen molar-refractivity contribution in [2.75, 3.05) is 13.6 Å². The Morgan fingerprint density at radius 3 is 2.27 bits per heavy atom. The second-order valence-electron chi connectivity index (χ2n) is 7.63. The van der Waals surface area contributed by atoms with Crippen LogP contribution in [0.25, 0.3) is 0 Å². The van der Waals surface area contributed by atoms with Gasteiger partial charge in [-0.05, 0) is 65.7 Å². The van der Waals surface area contributed by atoms with Gasteiger partial charge >= 0.3 is 12.2 Å². The minimum absolute atomic E-state index is 0.0840. The van der Waals surface area contributed by atoms with Crippen molar-refractivity contribution in [3.05, 3.63) is 23.8 Å². The number of carbonyl (C=O) groups is 2. The van der Waals surface area contributed by atoms with E-state index < -0.39 is 30.5 Å². The van der Waals surface area contributed by atoms with Gasteiger partial charge in [-0.15, -0.1) is 0 Å². The van der Waals surface area contributed by atoms with Crippen molar-refractivity contribution in [1.82, 2.24) is 5.32 Å². The Kier molecular flexibility index (Phi) is 5.74. The maximum absolute atomic E-state index is 11.9. The smallest absolute Gasteiger partial charge is 0.493 e. The van der Waals surface area contributed by atoms with Gasteiger partial charge in [-0.3, -0.25) is 0 Å². The molecule has 0 fully saturated rings. The molecule has 0 unspecified atom stereocenters. The highest BCUT2D eigenvalue weighted by atomic mass is 16.7. The first kappa shape index (κ1) is 17.0. The Hall–Kier alpha value is -2.44. The van der Waals surface area contributed by atoms with Crippen LogP contribution in [0.2, 0.25) is 0 Å². The summed E-state index contributed by atoms with van der Waals surface area (Å²) in [6.45, 7) is 10.6. The zero-order valence-corrected chi connectivity index (χ0v) is 16.1. The fraction of sp³-hybridized carbons (Fsp3) is 0.579. The summed E-state index contributed by atoms with van der Waals surface area (Å²) in [5, 5.41) is 2.61. The van der Waals surface area contributed by atoms with Crippen LogP contribution in [0.4, 0.5) is 9.59 Å². The molecule has 0 radical (unpaired) electrons. The second kappa shape index (κ2) is 8.78. The van der Waals surface area contributed by atoms with Crippen molar-refractivity contribution < 1.29 is 32.6 Å². The van der Waals surface area contributed by atoms with Gasteiger partial charge in [0.1, 0.15) is 11.2 Å². The minimum Gasteiger partial charge on any atom is -0.493 e. The molecule has 7 nitrogen and oxygen atoms in total. The quantitative estimate of drug-likeness (QED) is 0.621. The van der Waals surface area contributed by atoms with E-state index in [1.54, 1.807) is 47.6 Å². The van der Waals surface area contributed by atoms with Crippen LogP contribution in [0.5, 0.6) is 11.5 Å². The third-order valence-corrected chi connectivity index (χ3v) is 2.78. The molecule has 1 aromatic rings. The lowest BCUT2D eigenvalue weighted by atomic mass is 10.1. The van der Waals surface area contributed by atoms with Gasteiger partial charge in [0.25, 0.3) is 0 Å². The molecular formula is C19H29NO6. The van der Waals surface area contributed by atoms with Gasteiger partial charge in [-0.1, -0.05) is 6.07 Å². The lowest BCUT2D eigenvalue weighted by Crippen LogP contribution is -2.33. The summed E-state index contributed by atoms with van der Waals surface area (Å²) in [5.74, 6) is -0.218. The average Bonchev–Trinajstić information content (AvgIpc) is 2.44. The van der Waals surface area contributed by atoms with E-state index in [2.05, 4.69) is 5.32 Å². The standard InChI is InChI=1S/C19H29NO6/c1-18(2,3)25-16(21)20-11-10-13-8-9-14(15(12-13)23-7)24-17(22)26-19(4,5)6/h8-9,12H,10-11H2,1-7H3,(H,20,21)/i7D3. The molecule has 1 rings (SSSR count). The number of carbonyl (C=O) groups excluding carboxylic acids is 2. The summed E-state index contributed by atoms with van der Waals surface area (Å²) in [7, 11) is -2.74. The third-order valence-electron chi connectivity index (χ3n) is 2.78. The Bertz CT molecular complexity index is 720. The molecule has 1 amide bonds. The Balaban J connectivity index is 2.85. The predicted octanol–water partition coefficient (Wildman–Crippen LogP) is 4.08. The number of benzene rings is 1. The van der Waals surface area contributed by atoms with Gasteiger partial charge < -0.3 is 24.3 Å². The fourth-order valence-corrected chi connectivity index (χ4v) is 1.86. The maximum atomic E-state index is 11.9. The summed E-state index contributed by atoms with van der Waals surface area (Å²) in [6.07, 6.45) is -1.16. The number of hydrogen-bond acceptors (Lipinski definition) is 6. The van der Waals surface area contributed by atoms with E-state index in [1.165, 1.54) is 12.1 Å². The van der Waals surface area contributed by atoms with Crippen LogP contribution in [-0.4, -0.2) is 37.0 Å². The Morgan fingerprint density at radius 1 is 1.04 bits per heavy atom. The minimum atomic E-state index is -2.74. The number of nitrogens with one attached hydrogen (secondary N) is 1. The molecule has 0 atom stereocenters. The molecule has 0 heterocycles. The fourth-order valence-electron chi connectivity index (χ4n) is 1.86. The molecule has 0 aliphatic rings. The number of amides is 1. The van der Waals surface area contributed by atoms with Crippen LogP contribution >= 0.6 is 0 Å². The zero-order chi connectivity index (χ0) is 22.5. The molecule has 0 aliphatic heterocycles. The van der Waals surface area contributed by atoms with Gasteiger partial charge in [-0.2, -0.15) is 0 Å². The van der Waals surface area contributed by atoms with Crippen LogP contribution in [0.3, 0.4) is 0 Å². The SMILES string of the molecule is [2H]C([2H])([2H])Oc1cc(CCNC(=O)OC(C)(C)C)ccc1OC(=O)OC(C)(C)C. The highest BCUT2D eigenvalue weighted by Gasteiger charge is 2.20. The first-order chi connectivity index (χ1) is 13.0. The maximum Gasteiger partial charge on any atom is 0.514 e. The number of alkyl carbamates (subject to hydrolysis) is 1. The van der Waals surface area contributed by atoms with E-state index in [4.69, 9.17) is 23.1 Å². The molecule has 0 aromatic heterocycles. The first-order valence-electron chi connectivity index (χ1n) is 9.74. The molecule has 26 heavy (non-hydrogen) atoms. The summed E-state index contributed by atoms with van der Waals surface area (Å²) >= 11 is 0. The lowest BCUT2D eigenvalue weighted by molar-refractivity contribution is 0.0200. The molecule has 1 aromatic carbocycles. The number of ether oxygens (including phenoxy) is 4. The van der Waals surface area contributed by atoms with E-state index in [-0.39, 0.29) is 18.0 Å². The summed E-state index contributed by atoms with van der Waals surface area (Å²) in [6, 6.07) is 4.47. The molecule has 1 N–H and O–H groups in total. The largest absolute Gasteiger partial charge is 0.514 e. The van der Waals surface area contributed by atoms with Crippen molar-refractivity contribution in [3.63, 3.8) is 0 Å². The van der Waals surface area contributed by atoms with Gasteiger partial charge in [0, 0.05) is 6.54 Å². The van der Waals surface area contributed by atoms with Crippen molar-refractivity contribution in [1.29, 1.82) is 0 Å². The van der Waals surface area contributed by atoms with Crippen LogP contribution in [0.1, 0.15) is 51.2 Å². The van der Waals surface area contributed by atoms with Crippen LogP contribution in [0, 0.1) is 0 Å². The van der Waals surface area contributed by atoms with E-state index in [9.17, 15) is 9.59 Å². The van der Waals surface area contributed by atoms with E-state index in [0.717, 1.165) is 0 Å².